The molecular formula is C17H21N3O3. The van der Waals surface area contributed by atoms with Gasteiger partial charge in [0.25, 0.3) is 5.56 Å². The topological polar surface area (TPSA) is 64.4 Å². The highest BCUT2D eigenvalue weighted by Crippen LogP contribution is 2.12. The normalized spacial score (nSPS) is 21.6. The summed E-state index contributed by atoms with van der Waals surface area (Å²) in [5.74, 6) is 0.477. The van der Waals surface area contributed by atoms with Crippen LogP contribution in [0.3, 0.4) is 0 Å². The maximum absolute atomic E-state index is 12.6. The molecule has 0 bridgehead atoms. The molecule has 6 heteroatoms. The number of nitrogens with zero attached hydrogens (tertiary/aromatic N) is 3. The van der Waals surface area contributed by atoms with E-state index in [1.165, 1.54) is 4.57 Å². The van der Waals surface area contributed by atoms with Crippen molar-refractivity contribution in [3.63, 3.8) is 0 Å². The van der Waals surface area contributed by atoms with E-state index in [0.29, 0.717) is 29.8 Å². The number of hydrogen-bond donors (Lipinski definition) is 0. The first kappa shape index (κ1) is 15.7. The maximum Gasteiger partial charge on any atom is 0.261 e. The third-order valence-corrected chi connectivity index (χ3v) is 4.12. The van der Waals surface area contributed by atoms with Gasteiger partial charge >= 0.3 is 0 Å². The third-order valence-electron chi connectivity index (χ3n) is 4.12. The van der Waals surface area contributed by atoms with Crippen molar-refractivity contribution in [1.82, 2.24) is 14.5 Å². The highest BCUT2D eigenvalue weighted by atomic mass is 16.5. The average molecular weight is 315 g/mol. The first-order valence-electron chi connectivity index (χ1n) is 7.85. The molecule has 0 spiro atoms. The van der Waals surface area contributed by atoms with Gasteiger partial charge in [0, 0.05) is 13.1 Å². The highest BCUT2D eigenvalue weighted by molar-refractivity contribution is 5.79. The van der Waals surface area contributed by atoms with Crippen molar-refractivity contribution in [3.8, 4) is 0 Å². The van der Waals surface area contributed by atoms with E-state index in [0.717, 1.165) is 0 Å². The largest absolute Gasteiger partial charge is 0.372 e. The molecule has 1 amide bonds. The minimum Gasteiger partial charge on any atom is -0.372 e. The second kappa shape index (κ2) is 6.12. The van der Waals surface area contributed by atoms with Crippen molar-refractivity contribution in [2.24, 2.45) is 0 Å². The van der Waals surface area contributed by atoms with Gasteiger partial charge in [-0.25, -0.2) is 4.98 Å². The lowest BCUT2D eigenvalue weighted by Gasteiger charge is -2.35. The zero-order chi connectivity index (χ0) is 16.6. The number of ether oxygens (including phenoxy) is 1. The summed E-state index contributed by atoms with van der Waals surface area (Å²) >= 11 is 0. The monoisotopic (exact) mass is 315 g/mol. The Labute approximate surface area is 134 Å². The minimum absolute atomic E-state index is 0.00949. The zero-order valence-electron chi connectivity index (χ0n) is 13.7. The lowest BCUT2D eigenvalue weighted by Crippen LogP contribution is -2.49. The van der Waals surface area contributed by atoms with Crippen LogP contribution in [0.4, 0.5) is 0 Å². The van der Waals surface area contributed by atoms with E-state index < -0.39 is 0 Å². The van der Waals surface area contributed by atoms with Gasteiger partial charge < -0.3 is 9.64 Å². The maximum atomic E-state index is 12.6. The minimum atomic E-state index is -0.171. The molecule has 1 fully saturated rings. The number of amides is 1. The predicted molar refractivity (Wildman–Crippen MR) is 87.3 cm³/mol. The van der Waals surface area contributed by atoms with Crippen LogP contribution in [0.15, 0.2) is 29.1 Å². The molecule has 1 aliphatic heterocycles. The molecule has 1 saturated heterocycles. The number of rotatable bonds is 2. The molecule has 1 aromatic carbocycles. The lowest BCUT2D eigenvalue weighted by molar-refractivity contribution is -0.143. The second-order valence-electron chi connectivity index (χ2n) is 6.12. The van der Waals surface area contributed by atoms with Gasteiger partial charge in [-0.2, -0.15) is 0 Å². The molecule has 2 aromatic rings. The summed E-state index contributed by atoms with van der Waals surface area (Å²) in [5.41, 5.74) is 0.489. The molecule has 1 aliphatic rings. The Morgan fingerprint density at radius 3 is 2.61 bits per heavy atom. The van der Waals surface area contributed by atoms with Crippen LogP contribution in [-0.4, -0.2) is 45.7 Å². The summed E-state index contributed by atoms with van der Waals surface area (Å²) in [6.45, 7) is 6.78. The van der Waals surface area contributed by atoms with Gasteiger partial charge in [-0.05, 0) is 32.9 Å². The van der Waals surface area contributed by atoms with Crippen molar-refractivity contribution in [1.29, 1.82) is 0 Å². The standard InChI is InChI=1S/C17H21N3O3/c1-11-8-19(9-12(2)23-11)16(21)10-20-13(3)18-15-7-5-4-6-14(15)17(20)22/h4-7,11-12H,8-10H2,1-3H3/t11-,12+. The van der Waals surface area contributed by atoms with Crippen molar-refractivity contribution >= 4 is 16.8 Å². The molecule has 122 valence electrons. The highest BCUT2D eigenvalue weighted by Gasteiger charge is 2.26. The first-order chi connectivity index (χ1) is 11.0. The number of aromatic nitrogens is 2. The van der Waals surface area contributed by atoms with Crippen LogP contribution in [0.25, 0.3) is 10.9 Å². The average Bonchev–Trinajstić information content (AvgIpc) is 2.50. The van der Waals surface area contributed by atoms with Gasteiger partial charge in [-0.1, -0.05) is 12.1 Å². The Morgan fingerprint density at radius 1 is 1.26 bits per heavy atom. The summed E-state index contributed by atoms with van der Waals surface area (Å²) in [6.07, 6.45) is 0.0190. The van der Waals surface area contributed by atoms with Gasteiger partial charge in [0.1, 0.15) is 12.4 Å². The smallest absolute Gasteiger partial charge is 0.261 e. The number of fused-ring (bicyclic) bond motifs is 1. The molecule has 6 nitrogen and oxygen atoms in total. The number of para-hydroxylation sites is 1. The number of carbonyl (C=O) groups is 1. The van der Waals surface area contributed by atoms with E-state index in [9.17, 15) is 9.59 Å². The molecular weight excluding hydrogens is 294 g/mol. The fourth-order valence-electron chi connectivity index (χ4n) is 3.08. The van der Waals surface area contributed by atoms with Gasteiger partial charge in [-0.15, -0.1) is 0 Å². The Balaban J connectivity index is 1.89. The molecule has 0 radical (unpaired) electrons. The fourth-order valence-corrected chi connectivity index (χ4v) is 3.08. The van der Waals surface area contributed by atoms with Crippen LogP contribution >= 0.6 is 0 Å². The molecule has 0 aliphatic carbocycles. The van der Waals surface area contributed by atoms with E-state index in [1.54, 1.807) is 30.0 Å². The van der Waals surface area contributed by atoms with Crippen LogP contribution in [0.5, 0.6) is 0 Å². The van der Waals surface area contributed by atoms with E-state index in [4.69, 9.17) is 4.74 Å². The zero-order valence-corrected chi connectivity index (χ0v) is 13.7. The quantitative estimate of drug-likeness (QED) is 0.839. The molecule has 0 N–H and O–H groups in total. The van der Waals surface area contributed by atoms with Gasteiger partial charge in [0.15, 0.2) is 0 Å². The van der Waals surface area contributed by atoms with Gasteiger partial charge in [0.2, 0.25) is 5.91 Å². The number of aryl methyl sites for hydroxylation is 1. The molecule has 0 unspecified atom stereocenters. The fraction of sp³-hybridized carbons (Fsp3) is 0.471. The summed E-state index contributed by atoms with van der Waals surface area (Å²) in [6, 6.07) is 7.20. The second-order valence-corrected chi connectivity index (χ2v) is 6.12. The van der Waals surface area contributed by atoms with E-state index in [2.05, 4.69) is 4.98 Å². The van der Waals surface area contributed by atoms with Gasteiger partial charge in [-0.3, -0.25) is 14.2 Å². The Hall–Kier alpha value is -2.21. The summed E-state index contributed by atoms with van der Waals surface area (Å²) in [7, 11) is 0. The molecule has 23 heavy (non-hydrogen) atoms. The number of morpholine rings is 1. The van der Waals surface area contributed by atoms with Crippen molar-refractivity contribution in [2.75, 3.05) is 13.1 Å². The molecule has 2 atom stereocenters. The SMILES string of the molecule is Cc1nc2ccccc2c(=O)n1CC(=O)N1C[C@@H](C)O[C@@H](C)C1. The lowest BCUT2D eigenvalue weighted by atomic mass is 10.2. The van der Waals surface area contributed by atoms with Crippen LogP contribution in [0.2, 0.25) is 0 Å². The summed E-state index contributed by atoms with van der Waals surface area (Å²) < 4.78 is 7.10. The molecule has 3 rings (SSSR count). The van der Waals surface area contributed by atoms with E-state index in [-0.39, 0.29) is 30.2 Å². The van der Waals surface area contributed by atoms with Crippen molar-refractivity contribution in [3.05, 3.63) is 40.4 Å². The Bertz CT molecular complexity index is 789. The molecule has 1 aromatic heterocycles. The van der Waals surface area contributed by atoms with Crippen LogP contribution in [0, 0.1) is 6.92 Å². The Morgan fingerprint density at radius 2 is 1.91 bits per heavy atom. The Kier molecular flexibility index (Phi) is 4.17. The number of benzene rings is 1. The molecule has 0 saturated carbocycles. The van der Waals surface area contributed by atoms with E-state index >= 15 is 0 Å². The van der Waals surface area contributed by atoms with Gasteiger partial charge in [0.05, 0.1) is 23.1 Å². The summed E-state index contributed by atoms with van der Waals surface area (Å²) in [5, 5.41) is 0.537. The molecule has 2 heterocycles. The van der Waals surface area contributed by atoms with Crippen LogP contribution in [0.1, 0.15) is 19.7 Å². The van der Waals surface area contributed by atoms with Crippen LogP contribution in [-0.2, 0) is 16.1 Å². The summed E-state index contributed by atoms with van der Waals surface area (Å²) in [4.78, 5) is 31.4. The van der Waals surface area contributed by atoms with Crippen molar-refractivity contribution < 1.29 is 9.53 Å². The third kappa shape index (κ3) is 3.12. The number of carbonyl (C=O) groups excluding carboxylic acids is 1. The van der Waals surface area contributed by atoms with Crippen LogP contribution < -0.4 is 5.56 Å². The number of hydrogen-bond acceptors (Lipinski definition) is 4. The predicted octanol–water partition coefficient (Wildman–Crippen LogP) is 1.34. The first-order valence-corrected chi connectivity index (χ1v) is 7.85. The van der Waals surface area contributed by atoms with Crippen molar-refractivity contribution in [2.45, 2.75) is 39.5 Å². The van der Waals surface area contributed by atoms with E-state index in [1.807, 2.05) is 19.9 Å².